The van der Waals surface area contributed by atoms with Crippen LogP contribution >= 0.6 is 0 Å². The molecule has 11 nitrogen and oxygen atoms in total. The van der Waals surface area contributed by atoms with Crippen molar-refractivity contribution < 1.29 is 24.0 Å². The van der Waals surface area contributed by atoms with Crippen LogP contribution in [-0.4, -0.2) is 67.8 Å². The molecule has 38 heavy (non-hydrogen) atoms. The standard InChI is InChI=1S/C27H44N6O5/c1-19(2)15-22(26(37)31-18-25(36)30-14-10-5-4-9-13-29-20(3)34)33-27(38)23(32-24(35)17-28)16-21-11-7-6-8-12-21/h6-8,11-12,19,22-23H,4-5,9-10,13-18,28H2,1-3H3,(H,29,34)(H,30,36)(H,31,37)(H,32,35)(H,33,38)/t22-,23-/m0/s1. The Balaban J connectivity index is 2.57. The molecule has 0 fully saturated rings. The van der Waals surface area contributed by atoms with Crippen LogP contribution in [0.2, 0.25) is 0 Å². The highest BCUT2D eigenvalue weighted by atomic mass is 16.2. The van der Waals surface area contributed by atoms with Crippen molar-refractivity contribution in [2.75, 3.05) is 26.2 Å². The normalized spacial score (nSPS) is 12.2. The zero-order valence-electron chi connectivity index (χ0n) is 22.8. The Morgan fingerprint density at radius 3 is 1.97 bits per heavy atom. The summed E-state index contributed by atoms with van der Waals surface area (Å²) in [7, 11) is 0. The first-order valence-electron chi connectivity index (χ1n) is 13.2. The minimum atomic E-state index is -0.905. The largest absolute Gasteiger partial charge is 0.356 e. The molecule has 0 aliphatic carbocycles. The first-order chi connectivity index (χ1) is 18.1. The Labute approximate surface area is 225 Å². The summed E-state index contributed by atoms with van der Waals surface area (Å²) in [5.74, 6) is -1.71. The molecule has 0 spiro atoms. The highest BCUT2D eigenvalue weighted by Crippen LogP contribution is 2.08. The minimum Gasteiger partial charge on any atom is -0.356 e. The predicted molar refractivity (Wildman–Crippen MR) is 146 cm³/mol. The molecule has 2 atom stereocenters. The lowest BCUT2D eigenvalue weighted by molar-refractivity contribution is -0.132. The van der Waals surface area contributed by atoms with Gasteiger partial charge in [-0.2, -0.15) is 0 Å². The predicted octanol–water partition coefficient (Wildman–Crippen LogP) is 0.132. The average molecular weight is 533 g/mol. The molecule has 0 aliphatic heterocycles. The van der Waals surface area contributed by atoms with Gasteiger partial charge < -0.3 is 32.3 Å². The van der Waals surface area contributed by atoms with E-state index in [-0.39, 0.29) is 37.2 Å². The smallest absolute Gasteiger partial charge is 0.243 e. The second-order valence-electron chi connectivity index (χ2n) is 9.67. The second kappa shape index (κ2) is 18.7. The van der Waals surface area contributed by atoms with Gasteiger partial charge in [0, 0.05) is 26.4 Å². The van der Waals surface area contributed by atoms with Crippen molar-refractivity contribution in [2.45, 2.75) is 71.4 Å². The maximum Gasteiger partial charge on any atom is 0.243 e. The van der Waals surface area contributed by atoms with Gasteiger partial charge in [0.1, 0.15) is 12.1 Å². The zero-order valence-corrected chi connectivity index (χ0v) is 22.8. The molecule has 0 saturated carbocycles. The fourth-order valence-corrected chi connectivity index (χ4v) is 3.74. The van der Waals surface area contributed by atoms with E-state index in [1.807, 2.05) is 44.2 Å². The number of amides is 5. The Morgan fingerprint density at radius 1 is 0.763 bits per heavy atom. The number of benzene rings is 1. The number of hydrogen-bond acceptors (Lipinski definition) is 6. The maximum atomic E-state index is 13.1. The molecule has 0 heterocycles. The molecule has 1 rings (SSSR count). The number of unbranched alkanes of at least 4 members (excludes halogenated alkanes) is 3. The molecular weight excluding hydrogens is 488 g/mol. The van der Waals surface area contributed by atoms with Gasteiger partial charge in [-0.15, -0.1) is 0 Å². The fraction of sp³-hybridized carbons (Fsp3) is 0.593. The highest BCUT2D eigenvalue weighted by Gasteiger charge is 2.27. The zero-order chi connectivity index (χ0) is 28.3. The van der Waals surface area contributed by atoms with Gasteiger partial charge in [0.2, 0.25) is 29.5 Å². The van der Waals surface area contributed by atoms with Gasteiger partial charge in [-0.25, -0.2) is 0 Å². The van der Waals surface area contributed by atoms with Crippen molar-refractivity contribution in [3.8, 4) is 0 Å². The number of rotatable bonds is 18. The lowest BCUT2D eigenvalue weighted by atomic mass is 10.0. The third-order valence-corrected chi connectivity index (χ3v) is 5.68. The van der Waals surface area contributed by atoms with Crippen LogP contribution in [0.5, 0.6) is 0 Å². The van der Waals surface area contributed by atoms with Crippen molar-refractivity contribution in [1.29, 1.82) is 0 Å². The van der Waals surface area contributed by atoms with E-state index in [4.69, 9.17) is 5.73 Å². The maximum absolute atomic E-state index is 13.1. The third kappa shape index (κ3) is 14.9. The summed E-state index contributed by atoms with van der Waals surface area (Å²) in [6.07, 6.45) is 4.14. The van der Waals surface area contributed by atoms with Crippen LogP contribution in [0.3, 0.4) is 0 Å². The van der Waals surface area contributed by atoms with Gasteiger partial charge in [0.25, 0.3) is 0 Å². The number of hydrogen-bond donors (Lipinski definition) is 6. The van der Waals surface area contributed by atoms with Crippen molar-refractivity contribution in [2.24, 2.45) is 11.7 Å². The molecule has 212 valence electrons. The van der Waals surface area contributed by atoms with Crippen LogP contribution in [0, 0.1) is 5.92 Å². The summed E-state index contributed by atoms with van der Waals surface area (Å²) in [5, 5.41) is 13.5. The van der Waals surface area contributed by atoms with Gasteiger partial charge >= 0.3 is 0 Å². The summed E-state index contributed by atoms with van der Waals surface area (Å²) in [6, 6.07) is 7.44. The molecule has 7 N–H and O–H groups in total. The summed E-state index contributed by atoms with van der Waals surface area (Å²) in [5.41, 5.74) is 6.26. The van der Waals surface area contributed by atoms with Crippen LogP contribution in [0.15, 0.2) is 30.3 Å². The average Bonchev–Trinajstić information content (AvgIpc) is 2.87. The Hall–Kier alpha value is -3.47. The van der Waals surface area contributed by atoms with Crippen LogP contribution in [-0.2, 0) is 30.4 Å². The van der Waals surface area contributed by atoms with Gasteiger partial charge in [-0.3, -0.25) is 24.0 Å². The lowest BCUT2D eigenvalue weighted by Crippen LogP contribution is -2.56. The third-order valence-electron chi connectivity index (χ3n) is 5.68. The molecule has 0 bridgehead atoms. The number of nitrogens with two attached hydrogens (primary N) is 1. The molecule has 1 aromatic carbocycles. The van der Waals surface area contributed by atoms with E-state index in [1.165, 1.54) is 6.92 Å². The fourth-order valence-electron chi connectivity index (χ4n) is 3.74. The summed E-state index contributed by atoms with van der Waals surface area (Å²) in [6.45, 7) is 6.00. The molecule has 0 aromatic heterocycles. The Morgan fingerprint density at radius 2 is 1.39 bits per heavy atom. The van der Waals surface area contributed by atoms with E-state index in [0.29, 0.717) is 19.5 Å². The Bertz CT molecular complexity index is 893. The van der Waals surface area contributed by atoms with E-state index < -0.39 is 29.8 Å². The van der Waals surface area contributed by atoms with Crippen LogP contribution < -0.4 is 32.3 Å². The molecule has 0 aliphatic rings. The van der Waals surface area contributed by atoms with Gasteiger partial charge in [-0.1, -0.05) is 57.0 Å². The molecule has 0 radical (unpaired) electrons. The first kappa shape index (κ1) is 32.6. The van der Waals surface area contributed by atoms with E-state index in [2.05, 4.69) is 26.6 Å². The van der Waals surface area contributed by atoms with Crippen molar-refractivity contribution >= 4 is 29.5 Å². The molecule has 5 amide bonds. The summed E-state index contributed by atoms with van der Waals surface area (Å²) >= 11 is 0. The minimum absolute atomic E-state index is 0.0418. The van der Waals surface area contributed by atoms with Crippen LogP contribution in [0.1, 0.15) is 58.4 Å². The second-order valence-corrected chi connectivity index (χ2v) is 9.67. The first-order valence-corrected chi connectivity index (χ1v) is 13.2. The molecule has 0 unspecified atom stereocenters. The number of nitrogens with one attached hydrogen (secondary N) is 5. The van der Waals surface area contributed by atoms with Gasteiger partial charge in [0.05, 0.1) is 13.1 Å². The van der Waals surface area contributed by atoms with E-state index in [1.54, 1.807) is 0 Å². The van der Waals surface area contributed by atoms with E-state index in [0.717, 1.165) is 31.2 Å². The summed E-state index contributed by atoms with van der Waals surface area (Å²) < 4.78 is 0. The Kier molecular flexibility index (Phi) is 16.0. The molecule has 11 heteroatoms. The van der Waals surface area contributed by atoms with Gasteiger partial charge in [0.15, 0.2) is 0 Å². The van der Waals surface area contributed by atoms with Crippen LogP contribution in [0.4, 0.5) is 0 Å². The van der Waals surface area contributed by atoms with E-state index >= 15 is 0 Å². The topological polar surface area (TPSA) is 172 Å². The SMILES string of the molecule is CC(=O)NCCCCCCNC(=O)CNC(=O)[C@H](CC(C)C)NC(=O)[C@H](Cc1ccccc1)NC(=O)CN. The summed E-state index contributed by atoms with van der Waals surface area (Å²) in [4.78, 5) is 60.9. The van der Waals surface area contributed by atoms with Crippen molar-refractivity contribution in [1.82, 2.24) is 26.6 Å². The monoisotopic (exact) mass is 532 g/mol. The molecular formula is C27H44N6O5. The van der Waals surface area contributed by atoms with Crippen LogP contribution in [0.25, 0.3) is 0 Å². The molecule has 1 aromatic rings. The number of carbonyl (C=O) groups is 5. The molecule has 0 saturated heterocycles. The van der Waals surface area contributed by atoms with Crippen molar-refractivity contribution in [3.63, 3.8) is 0 Å². The van der Waals surface area contributed by atoms with Gasteiger partial charge in [-0.05, 0) is 30.7 Å². The highest BCUT2D eigenvalue weighted by molar-refractivity contribution is 5.93. The quantitative estimate of drug-likeness (QED) is 0.147. The lowest BCUT2D eigenvalue weighted by Gasteiger charge is -2.24. The number of carbonyl (C=O) groups excluding carboxylic acids is 5. The van der Waals surface area contributed by atoms with Crippen molar-refractivity contribution in [3.05, 3.63) is 35.9 Å². The van der Waals surface area contributed by atoms with E-state index in [9.17, 15) is 24.0 Å².